The van der Waals surface area contributed by atoms with E-state index in [0.29, 0.717) is 17.9 Å². The highest BCUT2D eigenvalue weighted by atomic mass is 79.9. The average Bonchev–Trinajstić information content (AvgIpc) is 2.32. The van der Waals surface area contributed by atoms with Crippen LogP contribution in [0.15, 0.2) is 16.6 Å². The molecule has 0 saturated carbocycles. The standard InChI is InChI=1S/C12H10BrFO3/c13-7-4-6-10(5-8(7)14)17-9-2-1-3-16-12(9)11(6)15/h4-5,9,12H,1-3H2/t9-,12-/m0/s1. The summed E-state index contributed by atoms with van der Waals surface area (Å²) in [5.41, 5.74) is 0.390. The summed E-state index contributed by atoms with van der Waals surface area (Å²) in [6, 6.07) is 2.71. The van der Waals surface area contributed by atoms with Crippen LogP contribution in [-0.4, -0.2) is 24.6 Å². The highest BCUT2D eigenvalue weighted by Crippen LogP contribution is 2.35. The van der Waals surface area contributed by atoms with Crippen LogP contribution in [0.3, 0.4) is 0 Å². The monoisotopic (exact) mass is 300 g/mol. The SMILES string of the molecule is O=C1c2cc(Br)c(F)cc2O[C@H]2CCCO[C@H]12. The second-order valence-corrected chi connectivity index (χ2v) is 5.07. The molecule has 0 radical (unpaired) electrons. The number of fused-ring (bicyclic) bond motifs is 2. The Morgan fingerprint density at radius 1 is 1.41 bits per heavy atom. The van der Waals surface area contributed by atoms with Gasteiger partial charge in [0.2, 0.25) is 0 Å². The molecule has 3 nitrogen and oxygen atoms in total. The summed E-state index contributed by atoms with van der Waals surface area (Å²) in [5, 5.41) is 0. The van der Waals surface area contributed by atoms with Crippen LogP contribution in [0.5, 0.6) is 5.75 Å². The van der Waals surface area contributed by atoms with Gasteiger partial charge in [0.15, 0.2) is 11.9 Å². The van der Waals surface area contributed by atoms with Gasteiger partial charge in [0.25, 0.3) is 0 Å². The maximum absolute atomic E-state index is 13.4. The Bertz CT molecular complexity index is 489. The maximum Gasteiger partial charge on any atom is 0.199 e. The van der Waals surface area contributed by atoms with Crippen molar-refractivity contribution in [2.24, 2.45) is 0 Å². The van der Waals surface area contributed by atoms with Gasteiger partial charge in [-0.2, -0.15) is 0 Å². The van der Waals surface area contributed by atoms with Crippen LogP contribution in [0.2, 0.25) is 0 Å². The number of ketones is 1. The van der Waals surface area contributed by atoms with Crippen LogP contribution < -0.4 is 4.74 Å². The quantitative estimate of drug-likeness (QED) is 0.739. The molecule has 0 spiro atoms. The van der Waals surface area contributed by atoms with Crippen molar-refractivity contribution in [2.75, 3.05) is 6.61 Å². The van der Waals surface area contributed by atoms with Crippen molar-refractivity contribution in [3.63, 3.8) is 0 Å². The lowest BCUT2D eigenvalue weighted by Gasteiger charge is -2.35. The van der Waals surface area contributed by atoms with Crippen molar-refractivity contribution in [3.05, 3.63) is 28.0 Å². The zero-order valence-corrected chi connectivity index (χ0v) is 10.5. The predicted molar refractivity (Wildman–Crippen MR) is 61.8 cm³/mol. The molecule has 90 valence electrons. The Kier molecular flexibility index (Phi) is 2.67. The van der Waals surface area contributed by atoms with Crippen molar-refractivity contribution in [1.29, 1.82) is 0 Å². The van der Waals surface area contributed by atoms with Gasteiger partial charge in [-0.05, 0) is 34.8 Å². The van der Waals surface area contributed by atoms with Crippen molar-refractivity contribution < 1.29 is 18.7 Å². The fourth-order valence-electron chi connectivity index (χ4n) is 2.25. The van der Waals surface area contributed by atoms with Crippen molar-refractivity contribution in [3.8, 4) is 5.75 Å². The fraction of sp³-hybridized carbons (Fsp3) is 0.417. The first-order valence-electron chi connectivity index (χ1n) is 5.48. The smallest absolute Gasteiger partial charge is 0.199 e. The lowest BCUT2D eigenvalue weighted by molar-refractivity contribution is -0.0518. The second-order valence-electron chi connectivity index (χ2n) is 4.22. The third-order valence-electron chi connectivity index (χ3n) is 3.09. The van der Waals surface area contributed by atoms with E-state index >= 15 is 0 Å². The minimum Gasteiger partial charge on any atom is -0.486 e. The molecule has 1 saturated heterocycles. The number of carbonyl (C=O) groups is 1. The molecule has 0 aromatic heterocycles. The van der Waals surface area contributed by atoms with Crippen LogP contribution in [-0.2, 0) is 4.74 Å². The number of rotatable bonds is 0. The Morgan fingerprint density at radius 2 is 2.24 bits per heavy atom. The van der Waals surface area contributed by atoms with E-state index in [4.69, 9.17) is 9.47 Å². The Balaban J connectivity index is 2.06. The normalized spacial score (nSPS) is 27.1. The van der Waals surface area contributed by atoms with Gasteiger partial charge in [0, 0.05) is 12.7 Å². The molecule has 2 atom stereocenters. The zero-order valence-electron chi connectivity index (χ0n) is 8.91. The molecule has 0 unspecified atom stereocenters. The minimum absolute atomic E-state index is 0.114. The summed E-state index contributed by atoms with van der Waals surface area (Å²) in [5.74, 6) is -0.217. The number of ether oxygens (including phenoxy) is 2. The summed E-state index contributed by atoms with van der Waals surface area (Å²) in [6.45, 7) is 0.577. The fourth-order valence-corrected chi connectivity index (χ4v) is 2.60. The van der Waals surface area contributed by atoms with Gasteiger partial charge in [0.1, 0.15) is 17.7 Å². The molecule has 0 bridgehead atoms. The van der Waals surface area contributed by atoms with E-state index in [1.165, 1.54) is 12.1 Å². The third kappa shape index (κ3) is 1.77. The largest absolute Gasteiger partial charge is 0.486 e. The summed E-state index contributed by atoms with van der Waals surface area (Å²) < 4.78 is 24.7. The first-order chi connectivity index (χ1) is 8.16. The lowest BCUT2D eigenvalue weighted by Crippen LogP contribution is -2.47. The molecule has 0 N–H and O–H groups in total. The van der Waals surface area contributed by atoms with E-state index in [2.05, 4.69) is 15.9 Å². The summed E-state index contributed by atoms with van der Waals surface area (Å²) in [7, 11) is 0. The molecule has 2 aliphatic rings. The molecule has 2 heterocycles. The maximum atomic E-state index is 13.4. The Labute approximate surface area is 106 Å². The minimum atomic E-state index is -0.534. The van der Waals surface area contributed by atoms with Crippen LogP contribution >= 0.6 is 15.9 Å². The van der Waals surface area contributed by atoms with Gasteiger partial charge in [-0.3, -0.25) is 4.79 Å². The molecular weight excluding hydrogens is 291 g/mol. The van der Waals surface area contributed by atoms with Gasteiger partial charge in [-0.1, -0.05) is 0 Å². The van der Waals surface area contributed by atoms with Crippen molar-refractivity contribution in [2.45, 2.75) is 25.0 Å². The molecule has 1 fully saturated rings. The summed E-state index contributed by atoms with van der Waals surface area (Å²) in [6.07, 6.45) is 0.828. The number of carbonyl (C=O) groups excluding carboxylic acids is 1. The molecule has 0 amide bonds. The Hall–Kier alpha value is -0.940. The molecule has 1 aromatic rings. The molecule has 2 aliphatic heterocycles. The topological polar surface area (TPSA) is 35.5 Å². The number of hydrogen-bond donors (Lipinski definition) is 0. The third-order valence-corrected chi connectivity index (χ3v) is 3.70. The van der Waals surface area contributed by atoms with Gasteiger partial charge in [-0.15, -0.1) is 0 Å². The van der Waals surface area contributed by atoms with E-state index < -0.39 is 11.9 Å². The van der Waals surface area contributed by atoms with E-state index in [9.17, 15) is 9.18 Å². The molecule has 17 heavy (non-hydrogen) atoms. The average molecular weight is 301 g/mol. The van der Waals surface area contributed by atoms with Crippen LogP contribution in [0.25, 0.3) is 0 Å². The number of hydrogen-bond acceptors (Lipinski definition) is 3. The van der Waals surface area contributed by atoms with Crippen molar-refractivity contribution >= 4 is 21.7 Å². The van der Waals surface area contributed by atoms with Gasteiger partial charge >= 0.3 is 0 Å². The van der Waals surface area contributed by atoms with Crippen molar-refractivity contribution in [1.82, 2.24) is 0 Å². The lowest BCUT2D eigenvalue weighted by atomic mass is 9.93. The highest BCUT2D eigenvalue weighted by Gasteiger charge is 2.40. The summed E-state index contributed by atoms with van der Waals surface area (Å²) in [4.78, 5) is 12.2. The number of Topliss-reactive ketones (excluding diaryl/α,β-unsaturated/α-hetero) is 1. The van der Waals surface area contributed by atoms with E-state index in [-0.39, 0.29) is 16.4 Å². The first kappa shape index (κ1) is 11.2. The molecule has 1 aromatic carbocycles. The van der Waals surface area contributed by atoms with Gasteiger partial charge in [0.05, 0.1) is 10.0 Å². The van der Waals surface area contributed by atoms with E-state index in [0.717, 1.165) is 12.8 Å². The van der Waals surface area contributed by atoms with Gasteiger partial charge < -0.3 is 9.47 Å². The number of halogens is 2. The van der Waals surface area contributed by atoms with E-state index in [1.807, 2.05) is 0 Å². The van der Waals surface area contributed by atoms with Crippen LogP contribution in [0.4, 0.5) is 4.39 Å². The second kappa shape index (κ2) is 4.07. The first-order valence-corrected chi connectivity index (χ1v) is 6.27. The number of benzene rings is 1. The molecule has 3 rings (SSSR count). The molecular formula is C12H10BrFO3. The van der Waals surface area contributed by atoms with E-state index in [1.54, 1.807) is 0 Å². The van der Waals surface area contributed by atoms with Crippen LogP contribution in [0, 0.1) is 5.82 Å². The summed E-state index contributed by atoms with van der Waals surface area (Å²) >= 11 is 3.07. The highest BCUT2D eigenvalue weighted by molar-refractivity contribution is 9.10. The Morgan fingerprint density at radius 3 is 3.06 bits per heavy atom. The van der Waals surface area contributed by atoms with Gasteiger partial charge in [-0.25, -0.2) is 4.39 Å². The predicted octanol–water partition coefficient (Wildman–Crippen LogP) is 2.71. The molecule has 5 heteroatoms. The van der Waals surface area contributed by atoms with Crippen LogP contribution in [0.1, 0.15) is 23.2 Å². The molecule has 0 aliphatic carbocycles. The zero-order chi connectivity index (χ0) is 12.0.